The number of rotatable bonds is 2. The van der Waals surface area contributed by atoms with Gasteiger partial charge in [0.15, 0.2) is 0 Å². The largest absolute Gasteiger partial charge is 0.373 e. The average Bonchev–Trinajstić information content (AvgIpc) is 2.75. The highest BCUT2D eigenvalue weighted by atomic mass is 16.5. The molecule has 1 amide bonds. The van der Waals surface area contributed by atoms with Crippen molar-refractivity contribution >= 4 is 5.91 Å². The van der Waals surface area contributed by atoms with Crippen molar-refractivity contribution in [1.82, 2.24) is 5.32 Å². The van der Waals surface area contributed by atoms with Crippen molar-refractivity contribution in [1.29, 1.82) is 0 Å². The van der Waals surface area contributed by atoms with Crippen LogP contribution in [0.1, 0.15) is 38.5 Å². The first kappa shape index (κ1) is 9.46. The number of nitrogens with one attached hydrogen (secondary N) is 1. The lowest BCUT2D eigenvalue weighted by Crippen LogP contribution is -2.43. The predicted molar refractivity (Wildman–Crippen MR) is 58.8 cm³/mol. The van der Waals surface area contributed by atoms with Gasteiger partial charge in [-0.15, -0.1) is 0 Å². The third kappa shape index (κ3) is 1.41. The first-order valence-corrected chi connectivity index (χ1v) is 6.75. The van der Waals surface area contributed by atoms with Crippen molar-refractivity contribution in [2.24, 2.45) is 17.8 Å². The Morgan fingerprint density at radius 1 is 1.06 bits per heavy atom. The van der Waals surface area contributed by atoms with Crippen molar-refractivity contribution < 1.29 is 9.53 Å². The van der Waals surface area contributed by atoms with E-state index in [9.17, 15) is 4.79 Å². The second-order valence-electron chi connectivity index (χ2n) is 6.15. The van der Waals surface area contributed by atoms with Crippen LogP contribution < -0.4 is 5.32 Å². The number of ether oxygens (including phenoxy) is 1. The summed E-state index contributed by atoms with van der Waals surface area (Å²) in [5.41, 5.74) is 0. The lowest BCUT2D eigenvalue weighted by molar-refractivity contribution is -0.126. The van der Waals surface area contributed by atoms with Crippen molar-refractivity contribution in [2.45, 2.75) is 56.8 Å². The molecule has 0 aromatic heterocycles. The summed E-state index contributed by atoms with van der Waals surface area (Å²) in [7, 11) is 0. The Balaban J connectivity index is 1.35. The smallest absolute Gasteiger partial charge is 0.223 e. The van der Waals surface area contributed by atoms with Crippen LogP contribution in [0.5, 0.6) is 0 Å². The summed E-state index contributed by atoms with van der Waals surface area (Å²) in [6.45, 7) is 0. The fourth-order valence-electron chi connectivity index (χ4n) is 4.02. The summed E-state index contributed by atoms with van der Waals surface area (Å²) in [5, 5.41) is 3.23. The first-order valence-electron chi connectivity index (χ1n) is 6.75. The van der Waals surface area contributed by atoms with Gasteiger partial charge in [0.1, 0.15) is 0 Å². The van der Waals surface area contributed by atoms with Crippen LogP contribution in [0.25, 0.3) is 0 Å². The van der Waals surface area contributed by atoms with Crippen LogP contribution in [-0.4, -0.2) is 24.2 Å². The Bertz CT molecular complexity index is 320. The molecule has 2 aliphatic carbocycles. The van der Waals surface area contributed by atoms with E-state index in [-0.39, 0.29) is 0 Å². The molecule has 2 saturated carbocycles. The number of hydrogen-bond acceptors (Lipinski definition) is 2. The van der Waals surface area contributed by atoms with E-state index < -0.39 is 0 Å². The minimum atomic E-state index is 0.313. The number of carbonyl (C=O) groups is 1. The molecule has 2 heterocycles. The monoisotopic (exact) mass is 221 g/mol. The molecule has 1 N–H and O–H groups in total. The molecule has 2 aliphatic heterocycles. The van der Waals surface area contributed by atoms with Gasteiger partial charge in [0.2, 0.25) is 5.91 Å². The quantitative estimate of drug-likeness (QED) is 0.767. The molecule has 2 saturated heterocycles. The van der Waals surface area contributed by atoms with Gasteiger partial charge in [-0.2, -0.15) is 0 Å². The summed E-state index contributed by atoms with van der Waals surface area (Å²) >= 11 is 0. The summed E-state index contributed by atoms with van der Waals surface area (Å²) in [5.74, 6) is 2.43. The lowest BCUT2D eigenvalue weighted by atomic mass is 9.94. The van der Waals surface area contributed by atoms with E-state index >= 15 is 0 Å². The van der Waals surface area contributed by atoms with Crippen molar-refractivity contribution in [3.8, 4) is 0 Å². The minimum absolute atomic E-state index is 0.313. The molecule has 5 atom stereocenters. The van der Waals surface area contributed by atoms with Gasteiger partial charge in [0, 0.05) is 5.92 Å². The Labute approximate surface area is 95.9 Å². The van der Waals surface area contributed by atoms with Gasteiger partial charge in [0.25, 0.3) is 0 Å². The zero-order valence-corrected chi connectivity index (χ0v) is 9.52. The van der Waals surface area contributed by atoms with Gasteiger partial charge in [0.05, 0.1) is 18.2 Å². The van der Waals surface area contributed by atoms with Gasteiger partial charge in [-0.3, -0.25) is 4.79 Å². The zero-order valence-electron chi connectivity index (χ0n) is 9.52. The number of hydrogen-bond donors (Lipinski definition) is 1. The maximum atomic E-state index is 12.1. The van der Waals surface area contributed by atoms with E-state index in [0.717, 1.165) is 37.5 Å². The highest BCUT2D eigenvalue weighted by molar-refractivity contribution is 5.79. The molecule has 0 aromatic rings. The summed E-state index contributed by atoms with van der Waals surface area (Å²) in [6, 6.07) is 0.322. The molecule has 0 spiro atoms. The average molecular weight is 221 g/mol. The van der Waals surface area contributed by atoms with Crippen molar-refractivity contribution in [2.75, 3.05) is 0 Å². The Morgan fingerprint density at radius 3 is 2.50 bits per heavy atom. The molecule has 2 bridgehead atoms. The molecule has 4 fully saturated rings. The van der Waals surface area contributed by atoms with Crippen LogP contribution in [0.15, 0.2) is 0 Å². The topological polar surface area (TPSA) is 38.3 Å². The van der Waals surface area contributed by atoms with E-state index in [1.165, 1.54) is 12.8 Å². The first-order chi connectivity index (χ1) is 7.79. The van der Waals surface area contributed by atoms with Gasteiger partial charge in [-0.1, -0.05) is 0 Å². The highest BCUT2D eigenvalue weighted by Crippen LogP contribution is 2.54. The second kappa shape index (κ2) is 3.22. The third-order valence-corrected chi connectivity index (χ3v) is 5.05. The molecule has 3 heteroatoms. The van der Waals surface area contributed by atoms with Crippen LogP contribution >= 0.6 is 0 Å². The van der Waals surface area contributed by atoms with Gasteiger partial charge >= 0.3 is 0 Å². The van der Waals surface area contributed by atoms with Gasteiger partial charge in [-0.05, 0) is 50.4 Å². The summed E-state index contributed by atoms with van der Waals surface area (Å²) in [4.78, 5) is 12.1. The van der Waals surface area contributed by atoms with E-state index in [2.05, 4.69) is 5.32 Å². The molecule has 3 nitrogen and oxygen atoms in total. The molecule has 4 aliphatic rings. The highest BCUT2D eigenvalue weighted by Gasteiger charge is 2.49. The minimum Gasteiger partial charge on any atom is -0.373 e. The van der Waals surface area contributed by atoms with Crippen LogP contribution in [0.2, 0.25) is 0 Å². The van der Waals surface area contributed by atoms with Crippen molar-refractivity contribution in [3.63, 3.8) is 0 Å². The third-order valence-electron chi connectivity index (χ3n) is 5.05. The SMILES string of the molecule is O=C(NC1CC2CCC1O2)C1CC2CC2C1. The van der Waals surface area contributed by atoms with E-state index in [0.29, 0.717) is 30.1 Å². The Hall–Kier alpha value is -0.570. The molecular formula is C13H19NO2. The molecule has 5 unspecified atom stereocenters. The maximum absolute atomic E-state index is 12.1. The number of amides is 1. The van der Waals surface area contributed by atoms with Crippen LogP contribution in [0, 0.1) is 17.8 Å². The van der Waals surface area contributed by atoms with Gasteiger partial charge < -0.3 is 10.1 Å². The Kier molecular flexibility index (Phi) is 1.90. The summed E-state index contributed by atoms with van der Waals surface area (Å²) < 4.78 is 5.76. The molecule has 88 valence electrons. The maximum Gasteiger partial charge on any atom is 0.223 e. The molecule has 4 rings (SSSR count). The molecule has 0 radical (unpaired) electrons. The van der Waals surface area contributed by atoms with Gasteiger partial charge in [-0.25, -0.2) is 0 Å². The molecule has 0 aromatic carbocycles. The normalized spacial score (nSPS) is 52.8. The molecule has 16 heavy (non-hydrogen) atoms. The standard InChI is InChI=1S/C13H19NO2/c15-13(9-4-7-3-8(7)5-9)14-11-6-10-1-2-12(11)16-10/h7-12H,1-6H2,(H,14,15). The number of carbonyl (C=O) groups excluding carboxylic acids is 1. The van der Waals surface area contributed by atoms with Crippen LogP contribution in [0.4, 0.5) is 0 Å². The summed E-state index contributed by atoms with van der Waals surface area (Å²) in [6.07, 6.45) is 7.85. The predicted octanol–water partition coefficient (Wildman–Crippen LogP) is 1.47. The van der Waals surface area contributed by atoms with Crippen LogP contribution in [-0.2, 0) is 9.53 Å². The van der Waals surface area contributed by atoms with Crippen LogP contribution in [0.3, 0.4) is 0 Å². The fourth-order valence-corrected chi connectivity index (χ4v) is 4.02. The van der Waals surface area contributed by atoms with E-state index in [1.54, 1.807) is 0 Å². The second-order valence-corrected chi connectivity index (χ2v) is 6.15. The Morgan fingerprint density at radius 2 is 1.88 bits per heavy atom. The van der Waals surface area contributed by atoms with E-state index in [1.807, 2.05) is 0 Å². The fraction of sp³-hybridized carbons (Fsp3) is 0.923. The zero-order chi connectivity index (χ0) is 10.7. The lowest BCUT2D eigenvalue weighted by Gasteiger charge is -2.22. The number of fused-ring (bicyclic) bond motifs is 3. The van der Waals surface area contributed by atoms with Crippen molar-refractivity contribution in [3.05, 3.63) is 0 Å². The van der Waals surface area contributed by atoms with E-state index in [4.69, 9.17) is 4.74 Å². The molecular weight excluding hydrogens is 202 g/mol.